The van der Waals surface area contributed by atoms with Gasteiger partial charge in [0.05, 0.1) is 25.5 Å². The van der Waals surface area contributed by atoms with Crippen molar-refractivity contribution < 1.29 is 19.1 Å². The molecule has 1 atom stereocenters. The SMILES string of the molecule is CCCCNC(=O)C[C@H](CC(C)C)NC(=O)c1cc(-c2c(OC)cccc2OC)n(CC(C)C)n1. The van der Waals surface area contributed by atoms with Crippen LogP contribution >= 0.6 is 0 Å². The molecule has 2 rings (SSSR count). The maximum atomic E-state index is 13.3. The Morgan fingerprint density at radius 1 is 1.06 bits per heavy atom. The van der Waals surface area contributed by atoms with Gasteiger partial charge in [-0.2, -0.15) is 5.10 Å². The minimum atomic E-state index is -0.297. The van der Waals surface area contributed by atoms with Gasteiger partial charge in [-0.15, -0.1) is 0 Å². The van der Waals surface area contributed by atoms with Crippen molar-refractivity contribution in [3.63, 3.8) is 0 Å². The van der Waals surface area contributed by atoms with Gasteiger partial charge in [-0.25, -0.2) is 0 Å². The monoisotopic (exact) mass is 486 g/mol. The summed E-state index contributed by atoms with van der Waals surface area (Å²) >= 11 is 0. The molecule has 0 saturated heterocycles. The number of aromatic nitrogens is 2. The van der Waals surface area contributed by atoms with Crippen LogP contribution in [0.25, 0.3) is 11.3 Å². The van der Waals surface area contributed by atoms with E-state index < -0.39 is 0 Å². The number of carbonyl (C=O) groups is 2. The van der Waals surface area contributed by atoms with Crippen LogP contribution in [0.2, 0.25) is 0 Å². The Hall–Kier alpha value is -3.03. The predicted molar refractivity (Wildman–Crippen MR) is 139 cm³/mol. The van der Waals surface area contributed by atoms with Crippen LogP contribution in [0.1, 0.15) is 70.8 Å². The van der Waals surface area contributed by atoms with E-state index in [1.54, 1.807) is 20.3 Å². The molecule has 0 bridgehead atoms. The van der Waals surface area contributed by atoms with Crippen LogP contribution in [-0.2, 0) is 11.3 Å². The van der Waals surface area contributed by atoms with Gasteiger partial charge >= 0.3 is 0 Å². The second kappa shape index (κ2) is 13.8. The lowest BCUT2D eigenvalue weighted by Gasteiger charge is -2.20. The normalized spacial score (nSPS) is 12.0. The van der Waals surface area contributed by atoms with Gasteiger partial charge in [-0.05, 0) is 42.9 Å². The molecule has 194 valence electrons. The number of rotatable bonds is 14. The number of unbranched alkanes of at least 4 members (excludes halogenated alkanes) is 1. The molecule has 0 fully saturated rings. The molecular weight excluding hydrogens is 444 g/mol. The largest absolute Gasteiger partial charge is 0.496 e. The lowest BCUT2D eigenvalue weighted by molar-refractivity contribution is -0.121. The summed E-state index contributed by atoms with van der Waals surface area (Å²) in [5, 5.41) is 10.6. The molecular formula is C27H42N4O4. The van der Waals surface area contributed by atoms with Crippen LogP contribution in [-0.4, -0.2) is 48.4 Å². The Bertz CT molecular complexity index is 946. The summed E-state index contributed by atoms with van der Waals surface area (Å²) in [5.74, 6) is 1.58. The second-order valence-corrected chi connectivity index (χ2v) is 9.74. The van der Waals surface area contributed by atoms with Crippen molar-refractivity contribution in [2.45, 2.75) is 72.9 Å². The summed E-state index contributed by atoms with van der Waals surface area (Å²) in [7, 11) is 3.22. The first kappa shape index (κ1) is 28.2. The highest BCUT2D eigenvalue weighted by molar-refractivity contribution is 5.94. The number of nitrogens with one attached hydrogen (secondary N) is 2. The van der Waals surface area contributed by atoms with Gasteiger partial charge in [0.15, 0.2) is 5.69 Å². The van der Waals surface area contributed by atoms with Crippen molar-refractivity contribution in [1.82, 2.24) is 20.4 Å². The van der Waals surface area contributed by atoms with E-state index in [2.05, 4.69) is 50.4 Å². The van der Waals surface area contributed by atoms with Crippen molar-refractivity contribution >= 4 is 11.8 Å². The molecule has 2 N–H and O–H groups in total. The fourth-order valence-electron chi connectivity index (χ4n) is 4.04. The quantitative estimate of drug-likeness (QED) is 0.378. The fourth-order valence-corrected chi connectivity index (χ4v) is 4.04. The van der Waals surface area contributed by atoms with E-state index in [1.807, 2.05) is 22.9 Å². The molecule has 2 aromatic rings. The molecule has 8 nitrogen and oxygen atoms in total. The number of ether oxygens (including phenoxy) is 2. The Morgan fingerprint density at radius 3 is 2.26 bits per heavy atom. The highest BCUT2D eigenvalue weighted by Crippen LogP contribution is 2.38. The van der Waals surface area contributed by atoms with Gasteiger partial charge in [-0.1, -0.05) is 47.1 Å². The summed E-state index contributed by atoms with van der Waals surface area (Å²) < 4.78 is 13.0. The van der Waals surface area contributed by atoms with Gasteiger partial charge in [0, 0.05) is 25.6 Å². The molecule has 1 aromatic heterocycles. The summed E-state index contributed by atoms with van der Waals surface area (Å²) in [6, 6.07) is 7.08. The average Bonchev–Trinajstić information content (AvgIpc) is 3.20. The van der Waals surface area contributed by atoms with Gasteiger partial charge in [-0.3, -0.25) is 14.3 Å². The molecule has 0 spiro atoms. The number of benzene rings is 1. The number of amides is 2. The maximum absolute atomic E-state index is 13.3. The Kier molecular flexibility index (Phi) is 11.1. The molecule has 0 radical (unpaired) electrons. The van der Waals surface area contributed by atoms with Crippen molar-refractivity contribution in [3.8, 4) is 22.8 Å². The first-order valence-electron chi connectivity index (χ1n) is 12.6. The lowest BCUT2D eigenvalue weighted by atomic mass is 10.0. The standard InChI is InChI=1S/C27H42N4O4/c1-8-9-13-28-25(32)15-20(14-18(2)3)29-27(33)21-16-22(31(30-21)17-19(4)5)26-23(34-6)11-10-12-24(26)35-7/h10-12,16,18-20H,8-9,13-15,17H2,1-7H3,(H,28,32)(H,29,33)/t20-/m0/s1. The van der Waals surface area contributed by atoms with Crippen LogP contribution in [0.3, 0.4) is 0 Å². The molecule has 2 amide bonds. The first-order valence-corrected chi connectivity index (χ1v) is 12.6. The van der Waals surface area contributed by atoms with E-state index in [0.717, 1.165) is 24.1 Å². The van der Waals surface area contributed by atoms with Gasteiger partial charge in [0.1, 0.15) is 11.5 Å². The zero-order chi connectivity index (χ0) is 26.0. The molecule has 0 aliphatic carbocycles. The number of methoxy groups -OCH3 is 2. The minimum absolute atomic E-state index is 0.0471. The van der Waals surface area contributed by atoms with E-state index in [1.165, 1.54) is 0 Å². The maximum Gasteiger partial charge on any atom is 0.272 e. The third-order valence-electron chi connectivity index (χ3n) is 5.61. The summed E-state index contributed by atoms with van der Waals surface area (Å²) in [6.07, 6.45) is 2.90. The van der Waals surface area contributed by atoms with E-state index in [4.69, 9.17) is 9.47 Å². The van der Waals surface area contributed by atoms with Crippen molar-refractivity contribution in [1.29, 1.82) is 0 Å². The Labute approximate surface area is 209 Å². The molecule has 0 aliphatic rings. The second-order valence-electron chi connectivity index (χ2n) is 9.74. The molecule has 1 aromatic carbocycles. The number of nitrogens with zero attached hydrogens (tertiary/aromatic N) is 2. The van der Waals surface area contributed by atoms with E-state index in [9.17, 15) is 9.59 Å². The van der Waals surface area contributed by atoms with E-state index in [-0.39, 0.29) is 24.3 Å². The van der Waals surface area contributed by atoms with Crippen molar-refractivity contribution in [2.24, 2.45) is 11.8 Å². The third-order valence-corrected chi connectivity index (χ3v) is 5.61. The Morgan fingerprint density at radius 2 is 1.71 bits per heavy atom. The Balaban J connectivity index is 2.35. The van der Waals surface area contributed by atoms with E-state index in [0.29, 0.717) is 48.5 Å². The molecule has 35 heavy (non-hydrogen) atoms. The summed E-state index contributed by atoms with van der Waals surface area (Å²) in [5.41, 5.74) is 1.79. The topological polar surface area (TPSA) is 94.5 Å². The molecule has 0 aliphatic heterocycles. The van der Waals surface area contributed by atoms with Gasteiger partial charge in [0.2, 0.25) is 5.91 Å². The lowest BCUT2D eigenvalue weighted by Crippen LogP contribution is -2.40. The molecule has 0 saturated carbocycles. The fraction of sp³-hybridized carbons (Fsp3) is 0.593. The highest BCUT2D eigenvalue weighted by atomic mass is 16.5. The molecule has 0 unspecified atom stereocenters. The smallest absolute Gasteiger partial charge is 0.272 e. The van der Waals surface area contributed by atoms with Gasteiger partial charge in [0.25, 0.3) is 5.91 Å². The average molecular weight is 487 g/mol. The first-order chi connectivity index (χ1) is 16.7. The van der Waals surface area contributed by atoms with Gasteiger partial charge < -0.3 is 20.1 Å². The van der Waals surface area contributed by atoms with E-state index >= 15 is 0 Å². The van der Waals surface area contributed by atoms with Crippen LogP contribution in [0.4, 0.5) is 0 Å². The van der Waals surface area contributed by atoms with Crippen LogP contribution in [0, 0.1) is 11.8 Å². The zero-order valence-electron chi connectivity index (χ0n) is 22.3. The van der Waals surface area contributed by atoms with Crippen molar-refractivity contribution in [2.75, 3.05) is 20.8 Å². The molecule has 1 heterocycles. The number of hydrogen-bond acceptors (Lipinski definition) is 5. The summed E-state index contributed by atoms with van der Waals surface area (Å²) in [4.78, 5) is 25.7. The van der Waals surface area contributed by atoms with Crippen LogP contribution < -0.4 is 20.1 Å². The zero-order valence-corrected chi connectivity index (χ0v) is 22.3. The third kappa shape index (κ3) is 8.30. The summed E-state index contributed by atoms with van der Waals surface area (Å²) in [6.45, 7) is 11.7. The molecule has 8 heteroatoms. The number of carbonyl (C=O) groups excluding carboxylic acids is 2. The minimum Gasteiger partial charge on any atom is -0.496 e. The highest BCUT2D eigenvalue weighted by Gasteiger charge is 2.24. The van der Waals surface area contributed by atoms with Crippen molar-refractivity contribution in [3.05, 3.63) is 30.0 Å². The van der Waals surface area contributed by atoms with Crippen LogP contribution in [0.5, 0.6) is 11.5 Å². The van der Waals surface area contributed by atoms with Crippen LogP contribution in [0.15, 0.2) is 24.3 Å². The number of hydrogen-bond donors (Lipinski definition) is 2. The predicted octanol–water partition coefficient (Wildman–Crippen LogP) is 4.67.